The number of nitrogens with one attached hydrogen (secondary N) is 1. The Morgan fingerprint density at radius 3 is 2.31 bits per heavy atom. The van der Waals surface area contributed by atoms with Gasteiger partial charge in [-0.1, -0.05) is 36.4 Å². The molecule has 11 heteroatoms. The fraction of sp³-hybridized carbons (Fsp3) is 0.421. The summed E-state index contributed by atoms with van der Waals surface area (Å²) in [6.07, 6.45) is -1.63. The number of piperidine rings is 1. The largest absolute Gasteiger partial charge is 0.496 e. The summed E-state index contributed by atoms with van der Waals surface area (Å²) in [6, 6.07) is 22.1. The summed E-state index contributed by atoms with van der Waals surface area (Å²) in [5.41, 5.74) is 2.43. The van der Waals surface area contributed by atoms with Crippen LogP contribution in [0, 0.1) is 11.6 Å². The number of hydrogen-bond acceptors (Lipinski definition) is 9. The van der Waals surface area contributed by atoms with Crippen molar-refractivity contribution in [3.63, 3.8) is 0 Å². The van der Waals surface area contributed by atoms with E-state index in [2.05, 4.69) is 17.4 Å². The molecule has 1 heterocycles. The van der Waals surface area contributed by atoms with Crippen LogP contribution in [0.15, 0.2) is 72.8 Å². The fourth-order valence-electron chi connectivity index (χ4n) is 6.11. The Kier molecular flexibility index (Phi) is 13.2. The highest BCUT2D eigenvalue weighted by Crippen LogP contribution is 2.34. The number of ether oxygens (including phenoxy) is 7. The van der Waals surface area contributed by atoms with E-state index in [-0.39, 0.29) is 30.5 Å². The maximum Gasteiger partial charge on any atom is 0.183 e. The molecule has 4 aromatic rings. The first kappa shape index (κ1) is 36.4. The first-order valence-corrected chi connectivity index (χ1v) is 16.4. The number of fused-ring (bicyclic) bond motifs is 1. The molecule has 49 heavy (non-hydrogen) atoms. The highest BCUT2D eigenvalue weighted by atomic mass is 19.2. The molecule has 1 fully saturated rings. The number of aliphatic hydroxyl groups is 1. The van der Waals surface area contributed by atoms with Gasteiger partial charge in [-0.05, 0) is 53.8 Å². The fourth-order valence-corrected chi connectivity index (χ4v) is 6.11. The Hall–Kier alpha value is -3.84. The van der Waals surface area contributed by atoms with Crippen LogP contribution in [0.2, 0.25) is 0 Å². The van der Waals surface area contributed by atoms with Crippen molar-refractivity contribution in [2.75, 3.05) is 47.6 Å². The molecule has 0 aromatic heterocycles. The van der Waals surface area contributed by atoms with Crippen LogP contribution in [0.1, 0.15) is 36.0 Å². The van der Waals surface area contributed by atoms with E-state index >= 15 is 0 Å². The highest BCUT2D eigenvalue weighted by molar-refractivity contribution is 5.89. The molecule has 0 aliphatic carbocycles. The predicted octanol–water partition coefficient (Wildman–Crippen LogP) is 6.13. The third-order valence-corrected chi connectivity index (χ3v) is 8.54. The smallest absolute Gasteiger partial charge is 0.183 e. The minimum atomic E-state index is -0.966. The van der Waals surface area contributed by atoms with Crippen molar-refractivity contribution in [3.8, 4) is 17.2 Å². The average molecular weight is 682 g/mol. The van der Waals surface area contributed by atoms with Gasteiger partial charge >= 0.3 is 0 Å². The van der Waals surface area contributed by atoms with Gasteiger partial charge in [-0.25, -0.2) is 8.78 Å². The van der Waals surface area contributed by atoms with E-state index < -0.39 is 24.0 Å². The summed E-state index contributed by atoms with van der Waals surface area (Å²) in [7, 11) is 4.58. The minimum absolute atomic E-state index is 0.0885. The second-order valence-electron chi connectivity index (χ2n) is 12.0. The van der Waals surface area contributed by atoms with E-state index in [1.54, 1.807) is 14.0 Å². The highest BCUT2D eigenvalue weighted by Gasteiger charge is 2.38. The van der Waals surface area contributed by atoms with E-state index in [1.807, 2.05) is 48.5 Å². The van der Waals surface area contributed by atoms with Gasteiger partial charge in [0, 0.05) is 49.6 Å². The molecule has 9 nitrogen and oxygen atoms in total. The molecule has 0 radical (unpaired) electrons. The van der Waals surface area contributed by atoms with Crippen molar-refractivity contribution in [2.24, 2.45) is 0 Å². The van der Waals surface area contributed by atoms with Crippen LogP contribution in [0.25, 0.3) is 10.8 Å². The number of methoxy groups -OCH3 is 3. The van der Waals surface area contributed by atoms with Crippen LogP contribution in [0.3, 0.4) is 0 Å². The van der Waals surface area contributed by atoms with Gasteiger partial charge in [0.25, 0.3) is 0 Å². The van der Waals surface area contributed by atoms with Crippen molar-refractivity contribution >= 4 is 10.8 Å². The van der Waals surface area contributed by atoms with Crippen LogP contribution < -0.4 is 19.5 Å². The molecule has 1 saturated heterocycles. The molecule has 0 saturated carbocycles. The molecule has 2 unspecified atom stereocenters. The van der Waals surface area contributed by atoms with E-state index in [1.165, 1.54) is 14.2 Å². The minimum Gasteiger partial charge on any atom is -0.496 e. The Labute approximate surface area is 286 Å². The van der Waals surface area contributed by atoms with Crippen molar-refractivity contribution in [1.82, 2.24) is 5.32 Å². The maximum atomic E-state index is 13.6. The van der Waals surface area contributed by atoms with E-state index in [9.17, 15) is 13.9 Å². The summed E-state index contributed by atoms with van der Waals surface area (Å²) in [4.78, 5) is 0. The first-order valence-electron chi connectivity index (χ1n) is 16.4. The van der Waals surface area contributed by atoms with Crippen molar-refractivity contribution in [3.05, 3.63) is 101 Å². The standard InChI is InChI=1S/C38H45F2NO8/c1-24(42)38(45-4)49-36-21-41-20-35(48-22-25-16-27-8-5-6-9-30(27)34(17-25)44-3)37(36)26-10-12-29(13-11-26)47-15-7-14-46-23-28-18-31(39)32(40)19-33(28)43-2/h5-6,8-13,16-19,24,35-38,41-42H,7,14-15,20-23H2,1-4H3/t24?,35-,36+,37+,38?/m0/s1. The van der Waals surface area contributed by atoms with Gasteiger partial charge in [-0.2, -0.15) is 0 Å². The first-order chi connectivity index (χ1) is 23.8. The zero-order chi connectivity index (χ0) is 34.8. The van der Waals surface area contributed by atoms with Crippen molar-refractivity contribution in [1.29, 1.82) is 0 Å². The molecule has 4 aromatic carbocycles. The van der Waals surface area contributed by atoms with Gasteiger partial charge in [0.1, 0.15) is 23.4 Å². The van der Waals surface area contributed by atoms with Crippen LogP contribution in [-0.2, 0) is 32.2 Å². The SMILES string of the molecule is COc1cc(F)c(F)cc1COCCCOc1ccc([C@@H]2[C@@H](OCc3cc(OC)c4ccccc4c3)CNC[C@H]2OC(OC)C(C)O)cc1. The summed E-state index contributed by atoms with van der Waals surface area (Å²) >= 11 is 0. The van der Waals surface area contributed by atoms with E-state index in [0.717, 1.165) is 39.8 Å². The molecule has 0 bridgehead atoms. The van der Waals surface area contributed by atoms with E-state index in [0.29, 0.717) is 50.6 Å². The molecule has 5 atom stereocenters. The lowest BCUT2D eigenvalue weighted by atomic mass is 9.85. The Morgan fingerprint density at radius 1 is 0.837 bits per heavy atom. The Bertz CT molecular complexity index is 1640. The monoisotopic (exact) mass is 681 g/mol. The molecule has 2 N–H and O–H groups in total. The summed E-state index contributed by atoms with van der Waals surface area (Å²) in [5, 5.41) is 15.8. The van der Waals surface area contributed by atoms with Crippen molar-refractivity contribution < 1.29 is 47.0 Å². The third kappa shape index (κ3) is 9.45. The molecule has 0 spiro atoms. The lowest BCUT2D eigenvalue weighted by Crippen LogP contribution is -2.52. The van der Waals surface area contributed by atoms with E-state index in [4.69, 9.17) is 33.2 Å². The van der Waals surface area contributed by atoms with Gasteiger partial charge in [-0.15, -0.1) is 0 Å². The Morgan fingerprint density at radius 2 is 1.57 bits per heavy atom. The second kappa shape index (κ2) is 17.7. The molecule has 1 aliphatic rings. The Balaban J connectivity index is 1.22. The summed E-state index contributed by atoms with van der Waals surface area (Å²) in [6.45, 7) is 4.01. The quantitative estimate of drug-likeness (QED) is 0.101. The molecular formula is C38H45F2NO8. The lowest BCUT2D eigenvalue weighted by Gasteiger charge is -2.40. The average Bonchev–Trinajstić information content (AvgIpc) is 3.12. The molecule has 1 aliphatic heterocycles. The van der Waals surface area contributed by atoms with Crippen LogP contribution in [-0.4, -0.2) is 77.3 Å². The van der Waals surface area contributed by atoms with Gasteiger partial charge in [0.2, 0.25) is 0 Å². The molecular weight excluding hydrogens is 636 g/mol. The lowest BCUT2D eigenvalue weighted by molar-refractivity contribution is -0.213. The zero-order valence-corrected chi connectivity index (χ0v) is 28.3. The van der Waals surface area contributed by atoms with Crippen molar-refractivity contribution in [2.45, 2.75) is 57.1 Å². The predicted molar refractivity (Wildman–Crippen MR) is 181 cm³/mol. The van der Waals surface area contributed by atoms with Gasteiger partial charge in [0.05, 0.1) is 52.9 Å². The number of hydrogen-bond donors (Lipinski definition) is 2. The second-order valence-corrected chi connectivity index (χ2v) is 12.0. The summed E-state index contributed by atoms with van der Waals surface area (Å²) < 4.78 is 67.9. The normalized spacial score (nSPS) is 19.0. The molecule has 0 amide bonds. The van der Waals surface area contributed by atoms with Crippen LogP contribution in [0.5, 0.6) is 17.2 Å². The zero-order valence-electron chi connectivity index (χ0n) is 28.3. The third-order valence-electron chi connectivity index (χ3n) is 8.54. The van der Waals surface area contributed by atoms with Crippen LogP contribution >= 0.6 is 0 Å². The van der Waals surface area contributed by atoms with Gasteiger partial charge in [0.15, 0.2) is 17.9 Å². The number of benzene rings is 4. The van der Waals surface area contributed by atoms with Crippen LogP contribution in [0.4, 0.5) is 8.78 Å². The molecule has 5 rings (SSSR count). The van der Waals surface area contributed by atoms with Gasteiger partial charge < -0.3 is 43.6 Å². The number of aliphatic hydroxyl groups excluding tert-OH is 1. The number of halogens is 2. The maximum absolute atomic E-state index is 13.6. The topological polar surface area (TPSA) is 96.9 Å². The summed E-state index contributed by atoms with van der Waals surface area (Å²) in [5.74, 6) is -0.359. The molecule has 264 valence electrons. The number of rotatable bonds is 17. The van der Waals surface area contributed by atoms with Gasteiger partial charge in [-0.3, -0.25) is 0 Å².